The zero-order valence-corrected chi connectivity index (χ0v) is 14.5. The fourth-order valence-electron chi connectivity index (χ4n) is 2.55. The van der Waals surface area contributed by atoms with Crippen LogP contribution in [0.15, 0.2) is 48.5 Å². The number of nitriles is 1. The van der Waals surface area contributed by atoms with E-state index >= 15 is 0 Å². The maximum Gasteiger partial charge on any atom is 0.436 e. The van der Waals surface area contributed by atoms with Crippen molar-refractivity contribution in [2.75, 3.05) is 4.72 Å². The molecular weight excluding hydrogens is 400 g/mol. The minimum absolute atomic E-state index is 0.147. The van der Waals surface area contributed by atoms with Crippen molar-refractivity contribution in [1.82, 2.24) is 9.78 Å². The molecule has 11 heteroatoms. The van der Waals surface area contributed by atoms with Gasteiger partial charge in [0, 0.05) is 22.5 Å². The Kier molecular flexibility index (Phi) is 5.17. The normalized spacial score (nSPS) is 12.4. The number of nitrogens with zero attached hydrogens (tertiary/aromatic N) is 3. The van der Waals surface area contributed by atoms with E-state index in [1.807, 2.05) is 0 Å². The molecule has 1 heterocycles. The summed E-state index contributed by atoms with van der Waals surface area (Å²) in [6.45, 7) is 0. The third kappa shape index (κ3) is 3.88. The highest BCUT2D eigenvalue weighted by molar-refractivity contribution is 7.80. The number of halogens is 4. The molecule has 1 aromatic heterocycles. The van der Waals surface area contributed by atoms with Gasteiger partial charge in [-0.25, -0.2) is 9.07 Å². The Morgan fingerprint density at radius 3 is 2.21 bits per heavy atom. The molecule has 0 aliphatic carbocycles. The fourth-order valence-corrected chi connectivity index (χ4v) is 2.88. The lowest BCUT2D eigenvalue weighted by Crippen LogP contribution is -2.09. The topological polar surface area (TPSA) is 93.8 Å². The van der Waals surface area contributed by atoms with Gasteiger partial charge in [-0.3, -0.25) is 4.21 Å². The smallest absolute Gasteiger partial charge is 0.436 e. The van der Waals surface area contributed by atoms with Gasteiger partial charge in [0.15, 0.2) is 5.69 Å². The first kappa shape index (κ1) is 19.5. The molecule has 144 valence electrons. The number of nitrogens with one attached hydrogen (secondary N) is 1. The van der Waals surface area contributed by atoms with Crippen molar-refractivity contribution >= 4 is 17.0 Å². The highest BCUT2D eigenvalue weighted by Crippen LogP contribution is 2.37. The maximum absolute atomic E-state index is 13.4. The fraction of sp³-hybridized carbons (Fsp3) is 0.0588. The quantitative estimate of drug-likeness (QED) is 0.524. The predicted molar refractivity (Wildman–Crippen MR) is 91.2 cm³/mol. The lowest BCUT2D eigenvalue weighted by molar-refractivity contribution is -0.141. The second-order valence-electron chi connectivity index (χ2n) is 5.48. The van der Waals surface area contributed by atoms with Crippen LogP contribution in [-0.2, 0) is 17.4 Å². The predicted octanol–water partition coefficient (Wildman–Crippen LogP) is 3.77. The summed E-state index contributed by atoms with van der Waals surface area (Å²) in [6.07, 6.45) is -4.88. The number of rotatable bonds is 4. The van der Waals surface area contributed by atoms with Crippen LogP contribution in [0.3, 0.4) is 0 Å². The Balaban J connectivity index is 2.22. The van der Waals surface area contributed by atoms with E-state index in [0.29, 0.717) is 0 Å². The number of aromatic nitrogens is 2. The number of anilines is 1. The zero-order valence-electron chi connectivity index (χ0n) is 13.7. The van der Waals surface area contributed by atoms with Crippen LogP contribution in [0.5, 0.6) is 0 Å². The minimum Gasteiger partial charge on any atom is -0.755 e. The van der Waals surface area contributed by atoms with Gasteiger partial charge in [0.25, 0.3) is 0 Å². The van der Waals surface area contributed by atoms with E-state index in [2.05, 4.69) is 9.82 Å². The molecule has 1 N–H and O–H groups in total. The van der Waals surface area contributed by atoms with Crippen molar-refractivity contribution in [1.29, 1.82) is 5.26 Å². The van der Waals surface area contributed by atoms with E-state index in [4.69, 9.17) is 0 Å². The molecule has 1 unspecified atom stereocenters. The van der Waals surface area contributed by atoms with Gasteiger partial charge in [0.2, 0.25) is 0 Å². The molecule has 0 saturated carbocycles. The summed E-state index contributed by atoms with van der Waals surface area (Å²) in [5.74, 6) is -0.592. The van der Waals surface area contributed by atoms with E-state index < -0.39 is 34.5 Å². The molecule has 0 radical (unpaired) electrons. The average molecular weight is 409 g/mol. The summed E-state index contributed by atoms with van der Waals surface area (Å²) in [5.41, 5.74) is -1.76. The maximum atomic E-state index is 13.4. The molecule has 0 saturated heterocycles. The SMILES string of the molecule is N#Cc1c(C(F)(F)F)nn(-c2ccc(NS(=O)[O-])cc2)c1-c1ccc(F)cc1. The standard InChI is InChI=1S/C17H10F4N4O2S/c18-11-3-1-10(2-4-11)15-14(9-22)16(17(19,20)21)23-25(15)13-7-5-12(6-8-13)24-28(26)27/h1-8,24H,(H,26,27)/p-1. The van der Waals surface area contributed by atoms with Crippen molar-refractivity contribution < 1.29 is 26.3 Å². The van der Waals surface area contributed by atoms with Crippen LogP contribution in [-0.4, -0.2) is 18.5 Å². The van der Waals surface area contributed by atoms with E-state index in [1.54, 1.807) is 0 Å². The van der Waals surface area contributed by atoms with E-state index in [-0.39, 0.29) is 22.6 Å². The van der Waals surface area contributed by atoms with E-state index in [1.165, 1.54) is 42.5 Å². The molecule has 0 spiro atoms. The van der Waals surface area contributed by atoms with Gasteiger partial charge < -0.3 is 9.27 Å². The van der Waals surface area contributed by atoms with Crippen LogP contribution in [0.25, 0.3) is 16.9 Å². The van der Waals surface area contributed by atoms with Gasteiger partial charge in [0.1, 0.15) is 17.4 Å². The first-order valence-electron chi connectivity index (χ1n) is 7.53. The van der Waals surface area contributed by atoms with E-state index in [9.17, 15) is 31.6 Å². The summed E-state index contributed by atoms with van der Waals surface area (Å²) in [7, 11) is 0. The van der Waals surface area contributed by atoms with Crippen LogP contribution in [0.2, 0.25) is 0 Å². The molecule has 3 rings (SSSR count). The van der Waals surface area contributed by atoms with Crippen molar-refractivity contribution in [3.05, 3.63) is 65.6 Å². The molecule has 0 aliphatic rings. The molecule has 1 atom stereocenters. The Morgan fingerprint density at radius 2 is 1.71 bits per heavy atom. The summed E-state index contributed by atoms with van der Waals surface area (Å²) >= 11 is -2.57. The first-order valence-corrected chi connectivity index (χ1v) is 8.61. The van der Waals surface area contributed by atoms with Crippen molar-refractivity contribution in [3.63, 3.8) is 0 Å². The van der Waals surface area contributed by atoms with Crippen molar-refractivity contribution in [2.24, 2.45) is 0 Å². The lowest BCUT2D eigenvalue weighted by Gasteiger charge is -2.11. The molecular formula is C17H9F4N4O2S-. The van der Waals surface area contributed by atoms with E-state index in [0.717, 1.165) is 16.8 Å². The van der Waals surface area contributed by atoms with Crippen LogP contribution in [0.1, 0.15) is 11.3 Å². The minimum atomic E-state index is -4.88. The summed E-state index contributed by atoms with van der Waals surface area (Å²) in [5, 5.41) is 12.9. The number of hydrogen-bond donors (Lipinski definition) is 1. The highest BCUT2D eigenvalue weighted by atomic mass is 32.2. The number of hydrogen-bond acceptors (Lipinski definition) is 4. The van der Waals surface area contributed by atoms with Crippen LogP contribution in [0.4, 0.5) is 23.2 Å². The van der Waals surface area contributed by atoms with Crippen molar-refractivity contribution in [2.45, 2.75) is 6.18 Å². The van der Waals surface area contributed by atoms with Gasteiger partial charge in [-0.1, -0.05) is 0 Å². The monoisotopic (exact) mass is 409 g/mol. The van der Waals surface area contributed by atoms with Gasteiger partial charge in [-0.15, -0.1) is 0 Å². The van der Waals surface area contributed by atoms with Gasteiger partial charge in [-0.05, 0) is 48.5 Å². The first-order chi connectivity index (χ1) is 13.2. The van der Waals surface area contributed by atoms with Gasteiger partial charge >= 0.3 is 6.18 Å². The summed E-state index contributed by atoms with van der Waals surface area (Å²) in [6, 6.07) is 11.4. The van der Waals surface area contributed by atoms with Crippen LogP contribution < -0.4 is 4.72 Å². The third-order valence-corrected chi connectivity index (χ3v) is 4.10. The Labute approximate surface area is 158 Å². The Hall–Kier alpha value is -3.23. The summed E-state index contributed by atoms with van der Waals surface area (Å²) in [4.78, 5) is 0. The average Bonchev–Trinajstić information content (AvgIpc) is 3.02. The molecule has 28 heavy (non-hydrogen) atoms. The van der Waals surface area contributed by atoms with Crippen LogP contribution >= 0.6 is 0 Å². The largest absolute Gasteiger partial charge is 0.755 e. The Morgan fingerprint density at radius 1 is 1.11 bits per heavy atom. The molecule has 0 bridgehead atoms. The van der Waals surface area contributed by atoms with Crippen molar-refractivity contribution in [3.8, 4) is 23.0 Å². The molecule has 2 aromatic carbocycles. The third-order valence-electron chi connectivity index (χ3n) is 3.70. The lowest BCUT2D eigenvalue weighted by atomic mass is 10.1. The Bertz CT molecular complexity index is 1070. The summed E-state index contributed by atoms with van der Waals surface area (Å²) < 4.78 is 77.7. The van der Waals surface area contributed by atoms with Crippen LogP contribution in [0, 0.1) is 17.1 Å². The highest BCUT2D eigenvalue weighted by Gasteiger charge is 2.40. The molecule has 0 aliphatic heterocycles. The molecule has 0 fully saturated rings. The molecule has 6 nitrogen and oxygen atoms in total. The number of benzene rings is 2. The zero-order chi connectivity index (χ0) is 20.5. The molecule has 0 amide bonds. The second-order valence-corrected chi connectivity index (χ2v) is 6.16. The van der Waals surface area contributed by atoms with Gasteiger partial charge in [0.05, 0.1) is 11.4 Å². The second kappa shape index (κ2) is 7.41. The molecule has 3 aromatic rings. The number of alkyl halides is 3. The van der Waals surface area contributed by atoms with Gasteiger partial charge in [-0.2, -0.15) is 23.5 Å².